The summed E-state index contributed by atoms with van der Waals surface area (Å²) in [6.45, 7) is 6.26. The van der Waals surface area contributed by atoms with Crippen LogP contribution in [0.25, 0.3) is 0 Å². The number of carbonyl (C=O) groups excluding carboxylic acids is 2. The van der Waals surface area contributed by atoms with Gasteiger partial charge in [-0.3, -0.25) is 4.79 Å². The largest absolute Gasteiger partial charge is 0.462 e. The molecule has 1 amide bonds. The van der Waals surface area contributed by atoms with Crippen molar-refractivity contribution in [3.8, 4) is 0 Å². The molecular weight excluding hydrogens is 336 g/mol. The van der Waals surface area contributed by atoms with Gasteiger partial charge in [0, 0.05) is 11.7 Å². The lowest BCUT2D eigenvalue weighted by molar-refractivity contribution is -0.117. The number of thiophene rings is 1. The first-order valence-electron chi connectivity index (χ1n) is 8.42. The molecule has 1 aliphatic heterocycles. The van der Waals surface area contributed by atoms with Crippen molar-refractivity contribution in [1.29, 1.82) is 0 Å². The van der Waals surface area contributed by atoms with Crippen LogP contribution in [0.1, 0.15) is 34.6 Å². The van der Waals surface area contributed by atoms with Crippen LogP contribution in [-0.2, 0) is 16.0 Å². The van der Waals surface area contributed by atoms with Crippen molar-refractivity contribution in [3.63, 3.8) is 0 Å². The van der Waals surface area contributed by atoms with E-state index >= 15 is 0 Å². The molecule has 132 valence electrons. The molecule has 25 heavy (non-hydrogen) atoms. The average molecular weight is 358 g/mol. The topological polar surface area (TPSA) is 58.6 Å². The highest BCUT2D eigenvalue weighted by Gasteiger charge is 2.30. The molecule has 1 aromatic heterocycles. The summed E-state index contributed by atoms with van der Waals surface area (Å²) in [7, 11) is 0. The van der Waals surface area contributed by atoms with E-state index in [4.69, 9.17) is 4.74 Å². The predicted molar refractivity (Wildman–Crippen MR) is 101 cm³/mol. The van der Waals surface area contributed by atoms with Gasteiger partial charge in [0.15, 0.2) is 0 Å². The first-order chi connectivity index (χ1) is 12.0. The van der Waals surface area contributed by atoms with Gasteiger partial charge in [0.05, 0.1) is 18.2 Å². The second-order valence-electron chi connectivity index (χ2n) is 6.14. The molecule has 6 heteroatoms. The number of ether oxygens (including phenoxy) is 1. The lowest BCUT2D eigenvalue weighted by Crippen LogP contribution is -2.39. The fraction of sp³-hybridized carbons (Fsp3) is 0.368. The van der Waals surface area contributed by atoms with E-state index < -0.39 is 0 Å². The molecule has 1 aliphatic rings. The van der Waals surface area contributed by atoms with E-state index in [0.29, 0.717) is 11.5 Å². The Hall–Kier alpha value is -2.34. The molecule has 0 spiro atoms. The number of aryl methyl sites for hydroxylation is 1. The third kappa shape index (κ3) is 3.54. The number of anilines is 2. The minimum Gasteiger partial charge on any atom is -0.462 e. The standard InChI is InChI=1S/C19H22N2O3S/c1-4-24-19(23)18-12(2)9-16(25-18)20-11-17(22)21-13(3)10-14-7-5-6-8-15(14)21/h5-9,13,20H,4,10-11H2,1-3H3/t13-/m1/s1. The average Bonchev–Trinajstić information content (AvgIpc) is 3.12. The van der Waals surface area contributed by atoms with Crippen molar-refractivity contribution in [3.05, 3.63) is 46.3 Å². The summed E-state index contributed by atoms with van der Waals surface area (Å²) in [5.41, 5.74) is 3.06. The third-order valence-electron chi connectivity index (χ3n) is 4.27. The number of hydrogen-bond donors (Lipinski definition) is 1. The minimum absolute atomic E-state index is 0.0289. The van der Waals surface area contributed by atoms with Crippen LogP contribution < -0.4 is 10.2 Å². The van der Waals surface area contributed by atoms with Crippen molar-refractivity contribution in [2.75, 3.05) is 23.4 Å². The van der Waals surface area contributed by atoms with Gasteiger partial charge in [0.1, 0.15) is 4.88 Å². The number of fused-ring (bicyclic) bond motifs is 1. The maximum Gasteiger partial charge on any atom is 0.348 e. The Morgan fingerprint density at radius 1 is 1.36 bits per heavy atom. The summed E-state index contributed by atoms with van der Waals surface area (Å²) >= 11 is 1.32. The molecule has 0 saturated heterocycles. The maximum absolute atomic E-state index is 12.7. The molecule has 0 fully saturated rings. The summed E-state index contributed by atoms with van der Waals surface area (Å²) in [6, 6.07) is 10.1. The van der Waals surface area contributed by atoms with Crippen LogP contribution in [0, 0.1) is 6.92 Å². The highest BCUT2D eigenvalue weighted by atomic mass is 32.1. The van der Waals surface area contributed by atoms with Crippen molar-refractivity contribution in [2.45, 2.75) is 33.2 Å². The zero-order valence-electron chi connectivity index (χ0n) is 14.7. The summed E-state index contributed by atoms with van der Waals surface area (Å²) in [5, 5.41) is 3.95. The van der Waals surface area contributed by atoms with Crippen LogP contribution in [0.2, 0.25) is 0 Å². The number of nitrogens with one attached hydrogen (secondary N) is 1. The number of amides is 1. The zero-order chi connectivity index (χ0) is 18.0. The van der Waals surface area contributed by atoms with Gasteiger partial charge in [-0.25, -0.2) is 4.79 Å². The van der Waals surface area contributed by atoms with Gasteiger partial charge in [0.2, 0.25) is 5.91 Å². The van der Waals surface area contributed by atoms with E-state index in [1.807, 2.05) is 36.1 Å². The van der Waals surface area contributed by atoms with E-state index in [9.17, 15) is 9.59 Å². The maximum atomic E-state index is 12.7. The number of benzene rings is 1. The van der Waals surface area contributed by atoms with Gasteiger partial charge in [-0.2, -0.15) is 0 Å². The van der Waals surface area contributed by atoms with Crippen molar-refractivity contribution < 1.29 is 14.3 Å². The number of para-hydroxylation sites is 1. The molecular formula is C19H22N2O3S. The number of esters is 1. The fourth-order valence-corrected chi connectivity index (χ4v) is 4.12. The summed E-state index contributed by atoms with van der Waals surface area (Å²) < 4.78 is 5.05. The minimum atomic E-state index is -0.313. The van der Waals surface area contributed by atoms with Crippen molar-refractivity contribution >= 4 is 33.9 Å². The number of nitrogens with zero attached hydrogens (tertiary/aromatic N) is 1. The molecule has 3 rings (SSSR count). The Kier molecular flexibility index (Phi) is 5.08. The van der Waals surface area contributed by atoms with E-state index in [1.165, 1.54) is 16.9 Å². The van der Waals surface area contributed by atoms with Crippen LogP contribution in [0.15, 0.2) is 30.3 Å². The van der Waals surface area contributed by atoms with Crippen LogP contribution >= 0.6 is 11.3 Å². The summed E-state index contributed by atoms with van der Waals surface area (Å²) in [5.74, 6) is -0.285. The molecule has 2 heterocycles. The van der Waals surface area contributed by atoms with Gasteiger partial charge in [-0.15, -0.1) is 11.3 Å². The van der Waals surface area contributed by atoms with Crippen molar-refractivity contribution in [1.82, 2.24) is 0 Å². The van der Waals surface area contributed by atoms with Gasteiger partial charge in [0.25, 0.3) is 0 Å². The molecule has 5 nitrogen and oxygen atoms in total. The molecule has 0 bridgehead atoms. The van der Waals surface area contributed by atoms with Crippen LogP contribution in [0.5, 0.6) is 0 Å². The number of carbonyl (C=O) groups is 2. The predicted octanol–water partition coefficient (Wildman–Crippen LogP) is 3.62. The molecule has 1 N–H and O–H groups in total. The van der Waals surface area contributed by atoms with E-state index in [0.717, 1.165) is 22.7 Å². The van der Waals surface area contributed by atoms with Gasteiger partial charge in [-0.1, -0.05) is 18.2 Å². The summed E-state index contributed by atoms with van der Waals surface area (Å²) in [4.78, 5) is 27.0. The fourth-order valence-electron chi connectivity index (χ4n) is 3.16. The Morgan fingerprint density at radius 3 is 2.88 bits per heavy atom. The van der Waals surface area contributed by atoms with Gasteiger partial charge in [-0.05, 0) is 50.5 Å². The molecule has 1 aromatic carbocycles. The lowest BCUT2D eigenvalue weighted by atomic mass is 10.1. The normalized spacial score (nSPS) is 15.8. The first kappa shape index (κ1) is 17.5. The third-order valence-corrected chi connectivity index (χ3v) is 5.44. The van der Waals surface area contributed by atoms with E-state index in [1.54, 1.807) is 6.92 Å². The molecule has 0 unspecified atom stereocenters. The highest BCUT2D eigenvalue weighted by Crippen LogP contribution is 2.32. The Labute approximate surface area is 151 Å². The Bertz CT molecular complexity index is 800. The summed E-state index contributed by atoms with van der Waals surface area (Å²) in [6.07, 6.45) is 0.882. The second kappa shape index (κ2) is 7.27. The quantitative estimate of drug-likeness (QED) is 0.830. The van der Waals surface area contributed by atoms with Crippen LogP contribution in [0.4, 0.5) is 10.7 Å². The zero-order valence-corrected chi connectivity index (χ0v) is 15.5. The Balaban J connectivity index is 1.67. The van der Waals surface area contributed by atoms with Crippen LogP contribution in [-0.4, -0.2) is 31.1 Å². The molecule has 0 radical (unpaired) electrons. The number of hydrogen-bond acceptors (Lipinski definition) is 5. The first-order valence-corrected chi connectivity index (χ1v) is 9.24. The molecule has 2 aromatic rings. The smallest absolute Gasteiger partial charge is 0.348 e. The van der Waals surface area contributed by atoms with E-state index in [2.05, 4.69) is 18.3 Å². The highest BCUT2D eigenvalue weighted by molar-refractivity contribution is 7.18. The van der Waals surface area contributed by atoms with Crippen LogP contribution in [0.3, 0.4) is 0 Å². The molecule has 0 saturated carbocycles. The molecule has 1 atom stereocenters. The van der Waals surface area contributed by atoms with Gasteiger partial charge < -0.3 is 15.0 Å². The van der Waals surface area contributed by atoms with E-state index in [-0.39, 0.29) is 24.5 Å². The van der Waals surface area contributed by atoms with Gasteiger partial charge >= 0.3 is 5.97 Å². The number of rotatable bonds is 5. The molecule has 0 aliphatic carbocycles. The second-order valence-corrected chi connectivity index (χ2v) is 7.19. The Morgan fingerprint density at radius 2 is 2.12 bits per heavy atom. The van der Waals surface area contributed by atoms with Crippen molar-refractivity contribution in [2.24, 2.45) is 0 Å². The SMILES string of the molecule is CCOC(=O)c1sc(NCC(=O)N2c3ccccc3C[C@H]2C)cc1C. The monoisotopic (exact) mass is 358 g/mol. The lowest BCUT2D eigenvalue weighted by Gasteiger charge is -2.22.